The van der Waals surface area contributed by atoms with Crippen LogP contribution in [0.2, 0.25) is 0 Å². The Balaban J connectivity index is 1.42. The summed E-state index contributed by atoms with van der Waals surface area (Å²) in [6.45, 7) is 0. The minimum Gasteiger partial charge on any atom is -0.497 e. The van der Waals surface area contributed by atoms with E-state index in [9.17, 15) is 4.79 Å². The van der Waals surface area contributed by atoms with E-state index < -0.39 is 0 Å². The molecule has 3 aromatic heterocycles. The first-order valence-corrected chi connectivity index (χ1v) is 9.97. The molecule has 3 N–H and O–H groups in total. The van der Waals surface area contributed by atoms with Crippen LogP contribution in [0.3, 0.4) is 0 Å². The van der Waals surface area contributed by atoms with Crippen LogP contribution in [0.5, 0.6) is 5.75 Å². The molecular weight excluding hydrogens is 390 g/mol. The van der Waals surface area contributed by atoms with Crippen molar-refractivity contribution in [1.29, 1.82) is 0 Å². The Morgan fingerprint density at radius 1 is 1.28 bits per heavy atom. The summed E-state index contributed by atoms with van der Waals surface area (Å²) in [6.07, 6.45) is 3.85. The maximum Gasteiger partial charge on any atom is 0.302 e. The lowest BCUT2D eigenvalue weighted by molar-refractivity contribution is -0.765. The second-order valence-electron chi connectivity index (χ2n) is 6.85. The van der Waals surface area contributed by atoms with Gasteiger partial charge in [-0.05, 0) is 41.1 Å². The summed E-state index contributed by atoms with van der Waals surface area (Å²) in [4.78, 5) is 18.5. The third kappa shape index (κ3) is 3.29. The van der Waals surface area contributed by atoms with Gasteiger partial charge in [0, 0.05) is 23.8 Å². The molecule has 1 aliphatic rings. The molecule has 0 bridgehead atoms. The lowest BCUT2D eigenvalue weighted by Crippen LogP contribution is -2.32. The first kappa shape index (κ1) is 17.6. The number of hydrogen-bond donors (Lipinski definition) is 2. The fourth-order valence-corrected chi connectivity index (χ4v) is 4.07. The van der Waals surface area contributed by atoms with Gasteiger partial charge in [-0.3, -0.25) is 14.6 Å². The number of hydrogen-bond acceptors (Lipinski definition) is 7. The molecule has 3 heterocycles. The zero-order valence-electron chi connectivity index (χ0n) is 15.6. The van der Waals surface area contributed by atoms with Crippen molar-refractivity contribution in [3.63, 3.8) is 0 Å². The maximum absolute atomic E-state index is 12.7. The average molecular weight is 408 g/mol. The van der Waals surface area contributed by atoms with Gasteiger partial charge in [-0.15, -0.1) is 11.3 Å². The highest BCUT2D eigenvalue weighted by Gasteiger charge is 2.36. The molecule has 146 valence electrons. The number of benzene rings is 1. The number of rotatable bonds is 5. The van der Waals surface area contributed by atoms with Crippen molar-refractivity contribution in [3.05, 3.63) is 47.5 Å². The molecule has 0 aliphatic heterocycles. The molecule has 1 aromatic carbocycles. The zero-order valence-corrected chi connectivity index (χ0v) is 16.4. The van der Waals surface area contributed by atoms with Crippen molar-refractivity contribution >= 4 is 39.0 Å². The number of carbonyl (C=O) groups is 1. The number of methoxy groups -OCH3 is 1. The molecule has 0 unspecified atom stereocenters. The molecule has 5 rings (SSSR count). The van der Waals surface area contributed by atoms with Crippen LogP contribution in [-0.4, -0.2) is 23.3 Å². The first-order valence-electron chi connectivity index (χ1n) is 9.15. The standard InChI is InChI=1S/C20H17N5O3S/c1-27-13-6-2-11(3-7-13)15-9-8-14-17(21)18(29-20(14)22-15)19(26)23-16-10-25(24-28-16)12-4-5-12/h2-3,6-10,12H,4-5H2,1H3,(H2-,21,23,24,26)/p+1. The normalized spacial score (nSPS) is 13.6. The van der Waals surface area contributed by atoms with Crippen LogP contribution < -0.4 is 20.5 Å². The molecule has 0 atom stereocenters. The van der Waals surface area contributed by atoms with E-state index in [1.54, 1.807) is 18.0 Å². The summed E-state index contributed by atoms with van der Waals surface area (Å²) in [5.41, 5.74) is 8.39. The van der Waals surface area contributed by atoms with Crippen molar-refractivity contribution in [2.75, 3.05) is 18.2 Å². The number of nitrogens with one attached hydrogen (secondary N) is 1. The summed E-state index contributed by atoms with van der Waals surface area (Å²) in [5, 5.41) is 7.40. The highest BCUT2D eigenvalue weighted by Crippen LogP contribution is 2.35. The van der Waals surface area contributed by atoms with Gasteiger partial charge in [0.2, 0.25) is 5.27 Å². The number of nitrogens with zero attached hydrogens (tertiary/aromatic N) is 3. The molecular formula is C20H18N5O3S+. The molecule has 29 heavy (non-hydrogen) atoms. The summed E-state index contributed by atoms with van der Waals surface area (Å²) < 4.78 is 12.1. The van der Waals surface area contributed by atoms with Crippen LogP contribution in [0.1, 0.15) is 28.6 Å². The number of pyridine rings is 1. The number of nitrogen functional groups attached to an aromatic ring is 1. The number of carbonyl (C=O) groups excluding carboxylic acids is 1. The van der Waals surface area contributed by atoms with Crippen molar-refractivity contribution in [2.45, 2.75) is 18.9 Å². The van der Waals surface area contributed by atoms with Gasteiger partial charge in [-0.2, -0.15) is 0 Å². The van der Waals surface area contributed by atoms with E-state index in [1.165, 1.54) is 11.3 Å². The Hall–Kier alpha value is -3.46. The molecule has 0 radical (unpaired) electrons. The average Bonchev–Trinajstić information content (AvgIpc) is 3.41. The first-order chi connectivity index (χ1) is 14.1. The number of fused-ring (bicyclic) bond motifs is 1. The highest BCUT2D eigenvalue weighted by atomic mass is 32.1. The Labute approximate surface area is 169 Å². The third-order valence-corrected chi connectivity index (χ3v) is 5.94. The van der Waals surface area contributed by atoms with Crippen LogP contribution >= 0.6 is 11.3 Å². The summed E-state index contributed by atoms with van der Waals surface area (Å²) in [7, 11) is 1.63. The number of nitrogens with two attached hydrogens (primary N) is 1. The second kappa shape index (κ2) is 6.85. The lowest BCUT2D eigenvalue weighted by Gasteiger charge is -2.03. The van der Waals surface area contributed by atoms with Crippen LogP contribution in [0.25, 0.3) is 21.5 Å². The minimum absolute atomic E-state index is 0.297. The van der Waals surface area contributed by atoms with Gasteiger partial charge in [-0.25, -0.2) is 4.98 Å². The van der Waals surface area contributed by atoms with E-state index in [1.807, 2.05) is 36.4 Å². The summed E-state index contributed by atoms with van der Waals surface area (Å²) in [5.74, 6) is 0.741. The summed E-state index contributed by atoms with van der Waals surface area (Å²) in [6, 6.07) is 11.8. The lowest BCUT2D eigenvalue weighted by atomic mass is 10.1. The van der Waals surface area contributed by atoms with Gasteiger partial charge < -0.3 is 10.5 Å². The van der Waals surface area contributed by atoms with Crippen LogP contribution in [0, 0.1) is 0 Å². The number of ether oxygens (including phenoxy) is 1. The minimum atomic E-state index is -0.337. The molecule has 1 saturated carbocycles. The molecule has 9 heteroatoms. The Bertz CT molecular complexity index is 1210. The van der Waals surface area contributed by atoms with E-state index in [2.05, 4.69) is 15.6 Å². The van der Waals surface area contributed by atoms with Crippen LogP contribution in [0.4, 0.5) is 11.6 Å². The Kier molecular flexibility index (Phi) is 4.17. The zero-order chi connectivity index (χ0) is 20.0. The SMILES string of the molecule is COc1ccc(-c2ccc3c(N)c(C(=O)Nc4c[n+](C5CC5)no4)sc3n2)cc1. The molecule has 1 amide bonds. The number of anilines is 2. The van der Waals surface area contributed by atoms with Gasteiger partial charge in [0.05, 0.1) is 18.5 Å². The van der Waals surface area contributed by atoms with Crippen molar-refractivity contribution in [3.8, 4) is 17.0 Å². The molecule has 1 aliphatic carbocycles. The van der Waals surface area contributed by atoms with Crippen molar-refractivity contribution in [1.82, 2.24) is 10.3 Å². The summed E-state index contributed by atoms with van der Waals surface area (Å²) >= 11 is 1.25. The molecule has 4 aromatic rings. The smallest absolute Gasteiger partial charge is 0.302 e. The molecule has 1 fully saturated rings. The molecule has 0 saturated heterocycles. The van der Waals surface area contributed by atoms with Crippen molar-refractivity contribution in [2.24, 2.45) is 0 Å². The van der Waals surface area contributed by atoms with Crippen LogP contribution in [-0.2, 0) is 0 Å². The van der Waals surface area contributed by atoms with E-state index in [4.69, 9.17) is 15.0 Å². The molecule has 0 spiro atoms. The van der Waals surface area contributed by atoms with E-state index in [-0.39, 0.29) is 5.91 Å². The van der Waals surface area contributed by atoms with Crippen molar-refractivity contribution < 1.29 is 18.7 Å². The van der Waals surface area contributed by atoms with Gasteiger partial charge in [0.1, 0.15) is 15.5 Å². The number of aromatic nitrogens is 3. The Morgan fingerprint density at radius 2 is 2.07 bits per heavy atom. The van der Waals surface area contributed by atoms with E-state index in [0.29, 0.717) is 27.3 Å². The predicted octanol–water partition coefficient (Wildman–Crippen LogP) is 3.42. The largest absolute Gasteiger partial charge is 0.497 e. The van der Waals surface area contributed by atoms with E-state index >= 15 is 0 Å². The fraction of sp³-hybridized carbons (Fsp3) is 0.200. The number of thiophene rings is 1. The Morgan fingerprint density at radius 3 is 2.79 bits per heavy atom. The van der Waals surface area contributed by atoms with E-state index in [0.717, 1.165) is 35.2 Å². The monoisotopic (exact) mass is 408 g/mol. The topological polar surface area (TPSA) is 107 Å². The maximum atomic E-state index is 12.7. The highest BCUT2D eigenvalue weighted by molar-refractivity contribution is 7.21. The predicted molar refractivity (Wildman–Crippen MR) is 109 cm³/mol. The second-order valence-corrected chi connectivity index (χ2v) is 7.85. The van der Waals surface area contributed by atoms with Gasteiger partial charge >= 0.3 is 5.88 Å². The van der Waals surface area contributed by atoms with Gasteiger partial charge in [0.15, 0.2) is 6.04 Å². The van der Waals surface area contributed by atoms with Gasteiger partial charge in [-0.1, -0.05) is 0 Å². The van der Waals surface area contributed by atoms with Gasteiger partial charge in [0.25, 0.3) is 12.1 Å². The molecule has 8 nitrogen and oxygen atoms in total. The van der Waals surface area contributed by atoms with Crippen LogP contribution in [0.15, 0.2) is 47.1 Å². The fourth-order valence-electron chi connectivity index (χ4n) is 3.08. The quantitative estimate of drug-likeness (QED) is 0.490. The number of amides is 1. The third-order valence-electron chi connectivity index (χ3n) is 4.83.